The van der Waals surface area contributed by atoms with Gasteiger partial charge in [-0.2, -0.15) is 0 Å². The molecule has 6 heteroatoms. The summed E-state index contributed by atoms with van der Waals surface area (Å²) in [5.41, 5.74) is 1.78. The molecule has 25 heavy (non-hydrogen) atoms. The van der Waals surface area contributed by atoms with Gasteiger partial charge in [0, 0.05) is 35.1 Å². The van der Waals surface area contributed by atoms with E-state index in [1.807, 2.05) is 19.1 Å². The van der Waals surface area contributed by atoms with Crippen molar-refractivity contribution in [2.75, 3.05) is 0 Å². The molecule has 1 aliphatic heterocycles. The lowest BCUT2D eigenvalue weighted by Crippen LogP contribution is -2.62. The highest BCUT2D eigenvalue weighted by molar-refractivity contribution is 7.17. The minimum absolute atomic E-state index is 0.00460. The maximum atomic E-state index is 12.8. The summed E-state index contributed by atoms with van der Waals surface area (Å²) in [6.45, 7) is 10.6. The van der Waals surface area contributed by atoms with E-state index in [2.05, 4.69) is 48.3 Å². The molecule has 2 N–H and O–H groups in total. The van der Waals surface area contributed by atoms with Crippen LogP contribution in [-0.2, 0) is 0 Å². The highest BCUT2D eigenvalue weighted by Gasteiger charge is 2.38. The zero-order valence-corrected chi connectivity index (χ0v) is 16.3. The van der Waals surface area contributed by atoms with Crippen LogP contribution in [0.3, 0.4) is 0 Å². The molecule has 5 nitrogen and oxygen atoms in total. The fraction of sp³-hybridized carbons (Fsp3) is 0.526. The monoisotopic (exact) mass is 358 g/mol. The van der Waals surface area contributed by atoms with Gasteiger partial charge in [-0.05, 0) is 59.6 Å². The third-order valence-electron chi connectivity index (χ3n) is 4.46. The molecule has 1 saturated heterocycles. The van der Waals surface area contributed by atoms with E-state index in [4.69, 9.17) is 0 Å². The normalized spacial score (nSPS) is 19.6. The van der Waals surface area contributed by atoms with Crippen LogP contribution in [0.15, 0.2) is 24.5 Å². The second-order valence-corrected chi connectivity index (χ2v) is 9.14. The van der Waals surface area contributed by atoms with Crippen LogP contribution in [0.5, 0.6) is 0 Å². The lowest BCUT2D eigenvalue weighted by Gasteiger charge is -2.46. The summed E-state index contributed by atoms with van der Waals surface area (Å²) in [6, 6.07) is 3.99. The van der Waals surface area contributed by atoms with Gasteiger partial charge in [0.25, 0.3) is 5.91 Å². The van der Waals surface area contributed by atoms with E-state index in [9.17, 15) is 4.79 Å². The van der Waals surface area contributed by atoms with Gasteiger partial charge >= 0.3 is 0 Å². The molecule has 0 saturated carbocycles. The molecule has 0 aliphatic carbocycles. The van der Waals surface area contributed by atoms with Crippen molar-refractivity contribution in [2.45, 2.75) is 64.6 Å². The number of carbonyl (C=O) groups is 1. The molecule has 3 heterocycles. The minimum Gasteiger partial charge on any atom is -0.348 e. The lowest BCUT2D eigenvalue weighted by molar-refractivity contribution is 0.0876. The summed E-state index contributed by atoms with van der Waals surface area (Å²) < 4.78 is 0. The largest absolute Gasteiger partial charge is 0.348 e. The fourth-order valence-electron chi connectivity index (χ4n) is 3.90. The van der Waals surface area contributed by atoms with Crippen LogP contribution in [0.25, 0.3) is 10.6 Å². The van der Waals surface area contributed by atoms with E-state index >= 15 is 0 Å². The number of nitrogens with zero attached hydrogens (tertiary/aromatic N) is 2. The van der Waals surface area contributed by atoms with E-state index in [1.165, 1.54) is 11.3 Å². The van der Waals surface area contributed by atoms with Crippen LogP contribution in [0, 0.1) is 6.92 Å². The summed E-state index contributed by atoms with van der Waals surface area (Å²) >= 11 is 1.44. The Labute approximate surface area is 153 Å². The zero-order valence-electron chi connectivity index (χ0n) is 15.5. The summed E-state index contributed by atoms with van der Waals surface area (Å²) in [7, 11) is 0. The van der Waals surface area contributed by atoms with E-state index in [1.54, 1.807) is 12.4 Å². The number of thiazole rings is 1. The van der Waals surface area contributed by atoms with Crippen molar-refractivity contribution >= 4 is 17.2 Å². The molecule has 2 aromatic rings. The van der Waals surface area contributed by atoms with E-state index in [-0.39, 0.29) is 23.0 Å². The summed E-state index contributed by atoms with van der Waals surface area (Å²) in [5, 5.41) is 7.73. The molecule has 3 rings (SSSR count). The van der Waals surface area contributed by atoms with Gasteiger partial charge in [0.2, 0.25) is 0 Å². The first kappa shape index (κ1) is 18.0. The number of carbonyl (C=O) groups excluding carboxylic acids is 1. The predicted molar refractivity (Wildman–Crippen MR) is 102 cm³/mol. The van der Waals surface area contributed by atoms with Crippen molar-refractivity contribution in [1.29, 1.82) is 0 Å². The predicted octanol–water partition coefficient (Wildman–Crippen LogP) is 3.55. The van der Waals surface area contributed by atoms with Gasteiger partial charge in [-0.1, -0.05) is 0 Å². The Morgan fingerprint density at radius 3 is 2.40 bits per heavy atom. The Bertz CT molecular complexity index is 751. The highest BCUT2D eigenvalue weighted by atomic mass is 32.1. The van der Waals surface area contributed by atoms with Crippen molar-refractivity contribution in [3.8, 4) is 10.6 Å². The average molecular weight is 359 g/mol. The van der Waals surface area contributed by atoms with Crippen LogP contribution >= 0.6 is 11.3 Å². The Hall–Kier alpha value is -1.79. The summed E-state index contributed by atoms with van der Waals surface area (Å²) in [4.78, 5) is 22.1. The number of nitrogens with one attached hydrogen (secondary N) is 2. The van der Waals surface area contributed by atoms with Gasteiger partial charge in [-0.15, -0.1) is 11.3 Å². The maximum absolute atomic E-state index is 12.8. The van der Waals surface area contributed by atoms with Gasteiger partial charge in [-0.25, -0.2) is 4.98 Å². The van der Waals surface area contributed by atoms with E-state index in [0.29, 0.717) is 4.88 Å². The number of pyridine rings is 1. The van der Waals surface area contributed by atoms with Crippen LogP contribution < -0.4 is 10.6 Å². The van der Waals surface area contributed by atoms with Gasteiger partial charge < -0.3 is 10.6 Å². The highest BCUT2D eigenvalue weighted by Crippen LogP contribution is 2.30. The Balaban J connectivity index is 1.77. The number of hydrogen-bond acceptors (Lipinski definition) is 5. The van der Waals surface area contributed by atoms with Gasteiger partial charge in [0.1, 0.15) is 9.88 Å². The Kier molecular flexibility index (Phi) is 4.68. The summed E-state index contributed by atoms with van der Waals surface area (Å²) in [5.74, 6) is -0.0196. The summed E-state index contributed by atoms with van der Waals surface area (Å²) in [6.07, 6.45) is 5.31. The van der Waals surface area contributed by atoms with Crippen molar-refractivity contribution in [1.82, 2.24) is 20.6 Å². The number of hydrogen-bond donors (Lipinski definition) is 2. The Morgan fingerprint density at radius 2 is 1.80 bits per heavy atom. The first-order valence-corrected chi connectivity index (χ1v) is 9.45. The molecule has 134 valence electrons. The molecule has 1 amide bonds. The molecule has 1 aliphatic rings. The minimum atomic E-state index is -0.0196. The van der Waals surface area contributed by atoms with Crippen LogP contribution in [-0.4, -0.2) is 33.0 Å². The van der Waals surface area contributed by atoms with E-state index in [0.717, 1.165) is 29.1 Å². The standard InChI is InChI=1S/C19H26N4OS/c1-12-15(25-17(21-12)13-6-8-20-9-7-13)16(24)22-14-10-18(2,3)23-19(4,5)11-14/h6-9,14,23H,10-11H2,1-5H3,(H,22,24). The van der Waals surface area contributed by atoms with Crippen molar-refractivity contribution in [3.63, 3.8) is 0 Å². The molecule has 0 spiro atoms. The third-order valence-corrected chi connectivity index (χ3v) is 5.66. The fourth-order valence-corrected chi connectivity index (χ4v) is 4.88. The number of amides is 1. The Morgan fingerprint density at radius 1 is 1.20 bits per heavy atom. The third kappa shape index (κ3) is 4.25. The first-order chi connectivity index (χ1) is 11.7. The molecule has 0 unspecified atom stereocenters. The van der Waals surface area contributed by atoms with Crippen LogP contribution in [0.4, 0.5) is 0 Å². The molecule has 1 fully saturated rings. The molecular formula is C19H26N4OS. The lowest BCUT2D eigenvalue weighted by atomic mass is 9.79. The molecule has 0 atom stereocenters. The second-order valence-electron chi connectivity index (χ2n) is 8.14. The van der Waals surface area contributed by atoms with Crippen molar-refractivity contribution in [2.24, 2.45) is 0 Å². The van der Waals surface area contributed by atoms with Crippen molar-refractivity contribution < 1.29 is 4.79 Å². The number of piperidine rings is 1. The number of aryl methyl sites for hydroxylation is 1. The number of rotatable bonds is 3. The van der Waals surface area contributed by atoms with Gasteiger partial charge in [0.15, 0.2) is 0 Å². The number of aromatic nitrogens is 2. The topological polar surface area (TPSA) is 66.9 Å². The molecule has 0 aromatic carbocycles. The second kappa shape index (κ2) is 6.50. The van der Waals surface area contributed by atoms with E-state index < -0.39 is 0 Å². The SMILES string of the molecule is Cc1nc(-c2ccncc2)sc1C(=O)NC1CC(C)(C)NC(C)(C)C1. The quantitative estimate of drug-likeness (QED) is 0.880. The van der Waals surface area contributed by atoms with Gasteiger partial charge in [0.05, 0.1) is 5.69 Å². The molecular weight excluding hydrogens is 332 g/mol. The average Bonchev–Trinajstić information content (AvgIpc) is 2.87. The van der Waals surface area contributed by atoms with Crippen LogP contribution in [0.2, 0.25) is 0 Å². The zero-order chi connectivity index (χ0) is 18.2. The molecule has 2 aromatic heterocycles. The van der Waals surface area contributed by atoms with Crippen molar-refractivity contribution in [3.05, 3.63) is 35.1 Å². The van der Waals surface area contributed by atoms with Crippen LogP contribution in [0.1, 0.15) is 55.9 Å². The van der Waals surface area contributed by atoms with Gasteiger partial charge in [-0.3, -0.25) is 9.78 Å². The molecule has 0 radical (unpaired) electrons. The maximum Gasteiger partial charge on any atom is 0.263 e. The first-order valence-electron chi connectivity index (χ1n) is 8.63. The smallest absolute Gasteiger partial charge is 0.263 e. The molecule has 0 bridgehead atoms.